The molecule has 0 aliphatic rings. The van der Waals surface area contributed by atoms with Crippen LogP contribution in [0.25, 0.3) is 10.8 Å². The van der Waals surface area contributed by atoms with Gasteiger partial charge in [0, 0.05) is 73.1 Å². The van der Waals surface area contributed by atoms with Crippen LogP contribution in [0.1, 0.15) is 105 Å². The zero-order valence-electron chi connectivity index (χ0n) is 31.9. The lowest BCUT2D eigenvalue weighted by molar-refractivity contribution is -0.0275. The highest BCUT2D eigenvalue weighted by Gasteiger charge is 2.33. The fraction of sp³-hybridized carbons (Fsp3) is 0.500. The Hall–Kier alpha value is -3.50. The normalized spacial score (nSPS) is 12.8. The molecule has 1 atom stereocenters. The lowest BCUT2D eigenvalue weighted by Gasteiger charge is -2.42. The number of anilines is 3. The molecule has 4 aromatic carbocycles. The summed E-state index contributed by atoms with van der Waals surface area (Å²) in [4.78, 5) is 7.31. The molecule has 0 saturated carbocycles. The summed E-state index contributed by atoms with van der Waals surface area (Å²) < 4.78 is 6.77. The maximum atomic E-state index is 6.77. The summed E-state index contributed by atoms with van der Waals surface area (Å²) in [7, 11) is 0. The first-order valence-corrected chi connectivity index (χ1v) is 18.5. The Bertz CT molecular complexity index is 1500. The van der Waals surface area contributed by atoms with Gasteiger partial charge in [-0.25, -0.2) is 0 Å². The monoisotopic (exact) mass is 649 g/mol. The summed E-state index contributed by atoms with van der Waals surface area (Å²) in [5.41, 5.74) is 7.91. The molecule has 4 heteroatoms. The third-order valence-electron chi connectivity index (χ3n) is 9.76. The topological polar surface area (TPSA) is 19.0 Å². The molecule has 0 bridgehead atoms. The number of rotatable bonds is 15. The highest BCUT2D eigenvalue weighted by Crippen LogP contribution is 2.42. The SMILES string of the molecule is CCN(CC)c1ccc(C(c2ccc(N(CC)CC)cc2)c2ccc(N(CC)C(OCCC(C)(C)C)C(C)(C)C)c3ccccc23)cc1. The van der Waals surface area contributed by atoms with Gasteiger partial charge >= 0.3 is 0 Å². The van der Waals surface area contributed by atoms with Crippen molar-refractivity contribution in [1.82, 2.24) is 0 Å². The van der Waals surface area contributed by atoms with E-state index in [4.69, 9.17) is 4.74 Å². The van der Waals surface area contributed by atoms with Crippen molar-refractivity contribution in [2.24, 2.45) is 10.8 Å². The first-order chi connectivity index (χ1) is 22.9. The van der Waals surface area contributed by atoms with Crippen LogP contribution in [0.2, 0.25) is 0 Å². The van der Waals surface area contributed by atoms with Crippen LogP contribution < -0.4 is 14.7 Å². The molecule has 4 rings (SSSR count). The summed E-state index contributed by atoms with van der Waals surface area (Å²) in [6.45, 7) is 30.5. The molecule has 0 fully saturated rings. The van der Waals surface area contributed by atoms with Gasteiger partial charge < -0.3 is 19.4 Å². The van der Waals surface area contributed by atoms with Crippen molar-refractivity contribution in [3.63, 3.8) is 0 Å². The van der Waals surface area contributed by atoms with E-state index in [1.165, 1.54) is 44.5 Å². The summed E-state index contributed by atoms with van der Waals surface area (Å²) in [5.74, 6) is 0.0944. The van der Waals surface area contributed by atoms with Gasteiger partial charge in [-0.3, -0.25) is 0 Å². The summed E-state index contributed by atoms with van der Waals surface area (Å²) in [6.07, 6.45) is 0.980. The van der Waals surface area contributed by atoms with Crippen molar-refractivity contribution in [2.75, 3.05) is 54.0 Å². The van der Waals surface area contributed by atoms with Crippen LogP contribution in [0.5, 0.6) is 0 Å². The molecule has 4 aromatic rings. The molecule has 4 nitrogen and oxygen atoms in total. The predicted molar refractivity (Wildman–Crippen MR) is 211 cm³/mol. The van der Waals surface area contributed by atoms with E-state index in [1.54, 1.807) is 0 Å². The molecular formula is C44H63N3O. The minimum Gasteiger partial charge on any atom is -0.372 e. The van der Waals surface area contributed by atoms with E-state index >= 15 is 0 Å². The second-order valence-corrected chi connectivity index (χ2v) is 15.4. The fourth-order valence-corrected chi connectivity index (χ4v) is 7.04. The van der Waals surface area contributed by atoms with Gasteiger partial charge in [0.15, 0.2) is 0 Å². The fourth-order valence-electron chi connectivity index (χ4n) is 7.04. The van der Waals surface area contributed by atoms with Crippen molar-refractivity contribution >= 4 is 27.8 Å². The molecule has 0 N–H and O–H groups in total. The standard InChI is InChI=1S/C44H63N3O/c1-12-45(13-2)35-25-21-33(22-26-35)41(34-23-27-36(28-24-34)46(14-3)15-4)39-29-30-40(38-20-18-17-19-37(38)39)47(16-5)42(44(9,10)11)48-32-31-43(6,7)8/h17-30,41-42H,12-16,31-32H2,1-11H3. The molecule has 0 saturated heterocycles. The number of benzene rings is 4. The van der Waals surface area contributed by atoms with Gasteiger partial charge in [0.2, 0.25) is 0 Å². The van der Waals surface area contributed by atoms with E-state index in [0.717, 1.165) is 45.8 Å². The largest absolute Gasteiger partial charge is 0.372 e. The van der Waals surface area contributed by atoms with Crippen molar-refractivity contribution in [3.05, 3.63) is 102 Å². The number of hydrogen-bond donors (Lipinski definition) is 0. The Kier molecular flexibility index (Phi) is 12.6. The summed E-state index contributed by atoms with van der Waals surface area (Å²) >= 11 is 0. The number of hydrogen-bond acceptors (Lipinski definition) is 4. The minimum absolute atomic E-state index is 0.0462. The van der Waals surface area contributed by atoms with Gasteiger partial charge in [-0.15, -0.1) is 0 Å². The van der Waals surface area contributed by atoms with Crippen molar-refractivity contribution < 1.29 is 4.74 Å². The number of nitrogens with zero attached hydrogens (tertiary/aromatic N) is 3. The van der Waals surface area contributed by atoms with E-state index < -0.39 is 0 Å². The smallest absolute Gasteiger partial charge is 0.134 e. The minimum atomic E-state index is -0.0601. The van der Waals surface area contributed by atoms with Gasteiger partial charge in [-0.1, -0.05) is 96.1 Å². The number of fused-ring (bicyclic) bond motifs is 1. The molecule has 0 aliphatic heterocycles. The van der Waals surface area contributed by atoms with Crippen LogP contribution in [-0.4, -0.2) is 45.6 Å². The Morgan fingerprint density at radius 1 is 0.562 bits per heavy atom. The van der Waals surface area contributed by atoms with E-state index in [2.05, 4.69) is 176 Å². The summed E-state index contributed by atoms with van der Waals surface area (Å²) in [5, 5.41) is 2.57. The first kappa shape index (κ1) is 37.3. The molecule has 0 aliphatic carbocycles. The van der Waals surface area contributed by atoms with Gasteiger partial charge in [-0.2, -0.15) is 0 Å². The number of ether oxygens (including phenoxy) is 1. The highest BCUT2D eigenvalue weighted by atomic mass is 16.5. The molecule has 48 heavy (non-hydrogen) atoms. The second-order valence-electron chi connectivity index (χ2n) is 15.4. The maximum Gasteiger partial charge on any atom is 0.134 e. The van der Waals surface area contributed by atoms with Crippen LogP contribution in [0, 0.1) is 10.8 Å². The summed E-state index contributed by atoms with van der Waals surface area (Å²) in [6, 6.07) is 32.3. The van der Waals surface area contributed by atoms with Gasteiger partial charge in [0.1, 0.15) is 6.23 Å². The molecule has 0 heterocycles. The van der Waals surface area contributed by atoms with Crippen LogP contribution >= 0.6 is 0 Å². The van der Waals surface area contributed by atoms with E-state index in [1.807, 2.05) is 0 Å². The highest BCUT2D eigenvalue weighted by molar-refractivity contribution is 5.97. The molecule has 0 aromatic heterocycles. The van der Waals surface area contributed by atoms with E-state index in [0.29, 0.717) is 0 Å². The quantitative estimate of drug-likeness (QED) is 0.0942. The molecular weight excluding hydrogens is 587 g/mol. The van der Waals surface area contributed by atoms with E-state index in [9.17, 15) is 0 Å². The van der Waals surface area contributed by atoms with Crippen molar-refractivity contribution in [1.29, 1.82) is 0 Å². The Morgan fingerprint density at radius 2 is 1.04 bits per heavy atom. The Labute approximate surface area is 293 Å². The van der Waals surface area contributed by atoms with Crippen molar-refractivity contribution in [2.45, 2.75) is 94.7 Å². The van der Waals surface area contributed by atoms with Gasteiger partial charge in [0.25, 0.3) is 0 Å². The molecule has 0 spiro atoms. The molecule has 260 valence electrons. The predicted octanol–water partition coefficient (Wildman–Crippen LogP) is 11.4. The molecule has 0 radical (unpaired) electrons. The van der Waals surface area contributed by atoms with Crippen LogP contribution in [0.4, 0.5) is 17.1 Å². The Balaban J connectivity index is 1.87. The third kappa shape index (κ3) is 8.74. The average molecular weight is 650 g/mol. The van der Waals surface area contributed by atoms with Crippen LogP contribution in [0.15, 0.2) is 84.9 Å². The van der Waals surface area contributed by atoms with Gasteiger partial charge in [0.05, 0.1) is 0 Å². The van der Waals surface area contributed by atoms with Gasteiger partial charge in [-0.05, 0) is 98.9 Å². The van der Waals surface area contributed by atoms with Crippen LogP contribution in [-0.2, 0) is 4.74 Å². The van der Waals surface area contributed by atoms with Crippen LogP contribution in [0.3, 0.4) is 0 Å². The maximum absolute atomic E-state index is 6.77. The lowest BCUT2D eigenvalue weighted by Crippen LogP contribution is -2.46. The zero-order valence-corrected chi connectivity index (χ0v) is 31.9. The first-order valence-electron chi connectivity index (χ1n) is 18.5. The molecule has 1 unspecified atom stereocenters. The third-order valence-corrected chi connectivity index (χ3v) is 9.76. The lowest BCUT2D eigenvalue weighted by atomic mass is 9.82. The van der Waals surface area contributed by atoms with E-state index in [-0.39, 0.29) is 23.0 Å². The second kappa shape index (κ2) is 16.3. The Morgan fingerprint density at radius 3 is 1.46 bits per heavy atom. The average Bonchev–Trinajstić information content (AvgIpc) is 3.06. The van der Waals surface area contributed by atoms with Crippen molar-refractivity contribution in [3.8, 4) is 0 Å². The zero-order chi connectivity index (χ0) is 35.1. The molecule has 0 amide bonds.